The van der Waals surface area contributed by atoms with Crippen molar-refractivity contribution in [2.24, 2.45) is 23.7 Å². The average molecular weight is 396 g/mol. The number of rotatable bonds is 3. The highest BCUT2D eigenvalue weighted by atomic mass is 16.1. The van der Waals surface area contributed by atoms with Crippen molar-refractivity contribution in [3.63, 3.8) is 0 Å². The molecule has 0 aromatic carbocycles. The van der Waals surface area contributed by atoms with Gasteiger partial charge in [0, 0.05) is 19.0 Å². The molecule has 3 saturated heterocycles. The molecule has 0 spiro atoms. The number of hydrogen-bond donors (Lipinski definition) is 2. The molecule has 0 bridgehead atoms. The highest BCUT2D eigenvalue weighted by Gasteiger charge is 2.21. The topological polar surface area (TPSA) is 44.4 Å². The molecule has 4 nitrogen and oxygen atoms in total. The normalized spacial score (nSPS) is 24.3. The molecule has 3 heterocycles. The molecule has 3 rings (SSSR count). The van der Waals surface area contributed by atoms with E-state index >= 15 is 0 Å². The second kappa shape index (κ2) is 14.4. The molecule has 0 aromatic heterocycles. The fraction of sp³-hybridized carbons (Fsp3) is 0.958. The van der Waals surface area contributed by atoms with E-state index in [1.54, 1.807) is 0 Å². The van der Waals surface area contributed by atoms with E-state index < -0.39 is 0 Å². The molecule has 3 fully saturated rings. The molecular weight excluding hydrogens is 346 g/mol. The molecule has 1 amide bonds. The maximum atomic E-state index is 10.9. The van der Waals surface area contributed by atoms with Crippen molar-refractivity contribution in [3.8, 4) is 0 Å². The van der Waals surface area contributed by atoms with E-state index in [9.17, 15) is 4.79 Å². The quantitative estimate of drug-likeness (QED) is 0.728. The Kier molecular flexibility index (Phi) is 13.1. The molecule has 2 N–H and O–H groups in total. The maximum absolute atomic E-state index is 10.9. The highest BCUT2D eigenvalue weighted by molar-refractivity contribution is 5.76. The number of amides is 1. The lowest BCUT2D eigenvalue weighted by atomic mass is 9.87. The number of likely N-dealkylation sites (tertiary alicyclic amines) is 1. The van der Waals surface area contributed by atoms with Crippen LogP contribution < -0.4 is 10.6 Å². The smallest absolute Gasteiger partial charge is 0.220 e. The first-order valence-corrected chi connectivity index (χ1v) is 12.0. The van der Waals surface area contributed by atoms with Gasteiger partial charge < -0.3 is 15.5 Å². The molecule has 4 heteroatoms. The third kappa shape index (κ3) is 10.8. The summed E-state index contributed by atoms with van der Waals surface area (Å²) in [7, 11) is 0. The van der Waals surface area contributed by atoms with Crippen LogP contribution in [0.15, 0.2) is 0 Å². The van der Waals surface area contributed by atoms with Gasteiger partial charge in [0.15, 0.2) is 0 Å². The van der Waals surface area contributed by atoms with E-state index in [0.717, 1.165) is 37.3 Å². The number of carbonyl (C=O) groups excluding carboxylic acids is 1. The Labute approximate surface area is 175 Å². The summed E-state index contributed by atoms with van der Waals surface area (Å²) >= 11 is 0. The molecule has 1 atom stereocenters. The predicted octanol–water partition coefficient (Wildman–Crippen LogP) is 4.69. The van der Waals surface area contributed by atoms with Crippen molar-refractivity contribution >= 4 is 5.91 Å². The predicted molar refractivity (Wildman–Crippen MR) is 122 cm³/mol. The summed E-state index contributed by atoms with van der Waals surface area (Å²) in [6.45, 7) is 19.6. The molecule has 166 valence electrons. The zero-order chi connectivity index (χ0) is 20.9. The second-order valence-electron chi connectivity index (χ2n) is 9.87. The van der Waals surface area contributed by atoms with Gasteiger partial charge in [-0.3, -0.25) is 4.79 Å². The third-order valence-corrected chi connectivity index (χ3v) is 6.68. The van der Waals surface area contributed by atoms with Gasteiger partial charge in [-0.25, -0.2) is 0 Å². The van der Waals surface area contributed by atoms with Crippen LogP contribution in [0.4, 0.5) is 0 Å². The van der Waals surface area contributed by atoms with Crippen molar-refractivity contribution in [3.05, 3.63) is 0 Å². The lowest BCUT2D eigenvalue weighted by Gasteiger charge is -2.29. The van der Waals surface area contributed by atoms with Gasteiger partial charge in [0.05, 0.1) is 0 Å². The number of hydrogen-bond acceptors (Lipinski definition) is 3. The van der Waals surface area contributed by atoms with Crippen LogP contribution in [0.3, 0.4) is 0 Å². The van der Waals surface area contributed by atoms with E-state index in [2.05, 4.69) is 57.1 Å². The molecule has 3 aliphatic rings. The van der Waals surface area contributed by atoms with Crippen LogP contribution in [0.2, 0.25) is 0 Å². The second-order valence-corrected chi connectivity index (χ2v) is 9.87. The molecule has 0 aromatic rings. The van der Waals surface area contributed by atoms with Gasteiger partial charge in [0.1, 0.15) is 0 Å². The molecule has 28 heavy (non-hydrogen) atoms. The summed E-state index contributed by atoms with van der Waals surface area (Å²) < 4.78 is 0. The monoisotopic (exact) mass is 395 g/mol. The van der Waals surface area contributed by atoms with E-state index in [0.29, 0.717) is 11.8 Å². The fourth-order valence-corrected chi connectivity index (χ4v) is 4.32. The summed E-state index contributed by atoms with van der Waals surface area (Å²) in [4.78, 5) is 13.4. The largest absolute Gasteiger partial charge is 0.356 e. The minimum atomic E-state index is 0.227. The Bertz CT molecular complexity index is 375. The summed E-state index contributed by atoms with van der Waals surface area (Å²) in [5, 5.41) is 6.20. The van der Waals surface area contributed by atoms with Crippen molar-refractivity contribution < 1.29 is 4.79 Å². The van der Waals surface area contributed by atoms with Crippen LogP contribution in [0.25, 0.3) is 0 Å². The SMILES string of the molecule is CC(C)C1CCNC(=O)C1.CC(C)C1CCNCC1.CC(C)N1CCCCC1. The van der Waals surface area contributed by atoms with E-state index in [1.165, 1.54) is 58.3 Å². The van der Waals surface area contributed by atoms with E-state index in [1.807, 2.05) is 0 Å². The summed E-state index contributed by atoms with van der Waals surface area (Å²) in [6, 6.07) is 0.769. The third-order valence-electron chi connectivity index (χ3n) is 6.68. The van der Waals surface area contributed by atoms with Crippen LogP contribution in [0.5, 0.6) is 0 Å². The molecule has 0 radical (unpaired) electrons. The van der Waals surface area contributed by atoms with Gasteiger partial charge in [-0.15, -0.1) is 0 Å². The lowest BCUT2D eigenvalue weighted by Crippen LogP contribution is -2.35. The van der Waals surface area contributed by atoms with Gasteiger partial charge >= 0.3 is 0 Å². The van der Waals surface area contributed by atoms with Crippen LogP contribution >= 0.6 is 0 Å². The van der Waals surface area contributed by atoms with Gasteiger partial charge in [0.25, 0.3) is 0 Å². The van der Waals surface area contributed by atoms with Crippen LogP contribution in [0, 0.1) is 23.7 Å². The van der Waals surface area contributed by atoms with E-state index in [4.69, 9.17) is 0 Å². The Morgan fingerprint density at radius 3 is 1.68 bits per heavy atom. The fourth-order valence-electron chi connectivity index (χ4n) is 4.32. The van der Waals surface area contributed by atoms with Crippen molar-refractivity contribution in [1.29, 1.82) is 0 Å². The highest BCUT2D eigenvalue weighted by Crippen LogP contribution is 2.21. The molecule has 3 aliphatic heterocycles. The van der Waals surface area contributed by atoms with Crippen LogP contribution in [-0.4, -0.2) is 49.6 Å². The zero-order valence-electron chi connectivity index (χ0n) is 19.7. The Hall–Kier alpha value is -0.610. The molecular formula is C24H49N3O. The number of nitrogens with zero attached hydrogens (tertiary/aromatic N) is 1. The zero-order valence-corrected chi connectivity index (χ0v) is 19.7. The Morgan fingerprint density at radius 1 is 0.786 bits per heavy atom. The van der Waals surface area contributed by atoms with Gasteiger partial charge in [-0.05, 0) is 95.8 Å². The molecule has 1 unspecified atom stereocenters. The first kappa shape index (κ1) is 25.4. The summed E-state index contributed by atoms with van der Waals surface area (Å²) in [5.41, 5.74) is 0. The number of nitrogens with one attached hydrogen (secondary N) is 2. The summed E-state index contributed by atoms with van der Waals surface area (Å²) in [5.74, 6) is 3.39. The van der Waals surface area contributed by atoms with Crippen molar-refractivity contribution in [2.75, 3.05) is 32.7 Å². The maximum Gasteiger partial charge on any atom is 0.220 e. The summed E-state index contributed by atoms with van der Waals surface area (Å²) in [6.07, 6.45) is 8.94. The standard InChI is InChI=1S/C8H15NO.2C8H17N/c1-6(2)7-3-4-9-8(10)5-7;1-7(2)8-3-5-9-6-4-8;1-8(2)9-6-4-3-5-7-9/h6-7H,3-5H2,1-2H3,(H,9,10);7-9H,3-6H2,1-2H3;8H,3-7H2,1-2H3. The lowest BCUT2D eigenvalue weighted by molar-refractivity contribution is -0.123. The Balaban J connectivity index is 0.000000210. The van der Waals surface area contributed by atoms with Crippen molar-refractivity contribution in [2.45, 2.75) is 92.5 Å². The van der Waals surface area contributed by atoms with E-state index in [-0.39, 0.29) is 5.91 Å². The first-order valence-electron chi connectivity index (χ1n) is 12.0. The average Bonchev–Trinajstić information content (AvgIpc) is 2.70. The minimum Gasteiger partial charge on any atom is -0.356 e. The molecule has 0 aliphatic carbocycles. The van der Waals surface area contributed by atoms with Crippen LogP contribution in [0.1, 0.15) is 86.5 Å². The number of piperidine rings is 3. The molecule has 0 saturated carbocycles. The van der Waals surface area contributed by atoms with Gasteiger partial charge in [-0.2, -0.15) is 0 Å². The van der Waals surface area contributed by atoms with Crippen molar-refractivity contribution in [1.82, 2.24) is 15.5 Å². The first-order chi connectivity index (χ1) is 13.3. The number of carbonyl (C=O) groups is 1. The van der Waals surface area contributed by atoms with Crippen LogP contribution in [-0.2, 0) is 4.79 Å². The Morgan fingerprint density at radius 2 is 1.32 bits per heavy atom. The minimum absolute atomic E-state index is 0.227. The van der Waals surface area contributed by atoms with Gasteiger partial charge in [-0.1, -0.05) is 34.1 Å². The van der Waals surface area contributed by atoms with Gasteiger partial charge in [0.2, 0.25) is 5.91 Å².